The molecular formula is C6H12Cl2N2. The number of hydrogen-bond donors (Lipinski definition) is 2. The Morgan fingerprint density at radius 1 is 0.900 bits per heavy atom. The van der Waals surface area contributed by atoms with Crippen LogP contribution in [-0.2, 0) is 0 Å². The molecule has 1 aliphatic carbocycles. The van der Waals surface area contributed by atoms with Gasteiger partial charge in [-0.2, -0.15) is 0 Å². The summed E-state index contributed by atoms with van der Waals surface area (Å²) in [5.41, 5.74) is 11.3. The van der Waals surface area contributed by atoms with Gasteiger partial charge in [-0.3, -0.25) is 0 Å². The highest BCUT2D eigenvalue weighted by Gasteiger charge is 2.45. The summed E-state index contributed by atoms with van der Waals surface area (Å²) in [6.07, 6.45) is 3.44. The van der Waals surface area contributed by atoms with Crippen molar-refractivity contribution < 1.29 is 0 Å². The second kappa shape index (κ2) is 2.52. The van der Waals surface area contributed by atoms with Crippen molar-refractivity contribution in [3.8, 4) is 0 Å². The van der Waals surface area contributed by atoms with E-state index in [1.807, 2.05) is 0 Å². The summed E-state index contributed by atoms with van der Waals surface area (Å²) in [7, 11) is 0. The van der Waals surface area contributed by atoms with E-state index in [-0.39, 0.29) is 0 Å². The Balaban J connectivity index is 2.70. The Morgan fingerprint density at radius 3 is 1.40 bits per heavy atom. The highest BCUT2D eigenvalue weighted by atomic mass is 35.5. The molecule has 10 heavy (non-hydrogen) atoms. The minimum Gasteiger partial charge on any atom is -0.310 e. The van der Waals surface area contributed by atoms with Crippen LogP contribution in [0.25, 0.3) is 0 Å². The Labute approximate surface area is 70.8 Å². The maximum absolute atomic E-state index is 5.88. The zero-order valence-electron chi connectivity index (χ0n) is 5.74. The molecular weight excluding hydrogens is 171 g/mol. The maximum Gasteiger partial charge on any atom is 0.123 e. The molecule has 4 heteroatoms. The van der Waals surface area contributed by atoms with Crippen LogP contribution in [0.1, 0.15) is 25.7 Å². The normalized spacial score (nSPS) is 49.2. The Morgan fingerprint density at radius 2 is 1.20 bits per heavy atom. The molecule has 0 saturated heterocycles. The van der Waals surface area contributed by atoms with Crippen molar-refractivity contribution in [2.75, 3.05) is 0 Å². The zero-order chi connectivity index (χ0) is 7.83. The van der Waals surface area contributed by atoms with Crippen molar-refractivity contribution in [2.45, 2.75) is 35.7 Å². The summed E-state index contributed by atoms with van der Waals surface area (Å²) < 4.78 is 0. The Kier molecular flexibility index (Phi) is 2.17. The first-order valence-electron chi connectivity index (χ1n) is 3.41. The van der Waals surface area contributed by atoms with Gasteiger partial charge in [-0.1, -0.05) is 36.0 Å². The van der Waals surface area contributed by atoms with E-state index in [9.17, 15) is 0 Å². The highest BCUT2D eigenvalue weighted by Crippen LogP contribution is 2.39. The molecule has 2 atom stereocenters. The summed E-state index contributed by atoms with van der Waals surface area (Å²) in [6.45, 7) is 0. The molecule has 0 spiro atoms. The van der Waals surface area contributed by atoms with Crippen molar-refractivity contribution >= 4 is 23.2 Å². The minimum absolute atomic E-state index is 0.703. The third-order valence-corrected chi connectivity index (χ3v) is 3.17. The van der Waals surface area contributed by atoms with Crippen LogP contribution >= 0.6 is 23.2 Å². The lowest BCUT2D eigenvalue weighted by molar-refractivity contribution is 0.307. The number of alkyl halides is 2. The fourth-order valence-corrected chi connectivity index (χ4v) is 1.64. The van der Waals surface area contributed by atoms with Gasteiger partial charge in [-0.05, 0) is 12.8 Å². The monoisotopic (exact) mass is 182 g/mol. The quantitative estimate of drug-likeness (QED) is 0.440. The van der Waals surface area contributed by atoms with Crippen LogP contribution in [0.5, 0.6) is 0 Å². The van der Waals surface area contributed by atoms with Crippen LogP contribution in [0, 0.1) is 0 Å². The fraction of sp³-hybridized carbons (Fsp3) is 1.00. The first-order valence-corrected chi connectivity index (χ1v) is 4.17. The predicted molar refractivity (Wildman–Crippen MR) is 44.0 cm³/mol. The van der Waals surface area contributed by atoms with Gasteiger partial charge >= 0.3 is 0 Å². The van der Waals surface area contributed by atoms with Crippen LogP contribution in [0.15, 0.2) is 0 Å². The first-order chi connectivity index (χ1) is 4.46. The smallest absolute Gasteiger partial charge is 0.123 e. The van der Waals surface area contributed by atoms with E-state index < -0.39 is 10.00 Å². The van der Waals surface area contributed by atoms with Gasteiger partial charge in [0.05, 0.1) is 0 Å². The standard InChI is InChI=1S/C6H12Cl2N2/c7-5(9)3-1-2-4-6(5,8)10/h1-4,9-10H2/t5-,6-/m0/s1. The van der Waals surface area contributed by atoms with Gasteiger partial charge in [0, 0.05) is 0 Å². The van der Waals surface area contributed by atoms with Crippen molar-refractivity contribution in [1.29, 1.82) is 0 Å². The second-order valence-electron chi connectivity index (χ2n) is 2.93. The Bertz CT molecular complexity index is 118. The van der Waals surface area contributed by atoms with E-state index >= 15 is 0 Å². The second-order valence-corrected chi connectivity index (χ2v) is 4.28. The van der Waals surface area contributed by atoms with Crippen LogP contribution in [-0.4, -0.2) is 10.00 Å². The molecule has 0 aromatic rings. The maximum atomic E-state index is 5.88. The van der Waals surface area contributed by atoms with E-state index in [0.29, 0.717) is 12.8 Å². The number of nitrogens with two attached hydrogens (primary N) is 2. The third kappa shape index (κ3) is 1.40. The molecule has 0 bridgehead atoms. The van der Waals surface area contributed by atoms with Gasteiger partial charge in [0.15, 0.2) is 0 Å². The van der Waals surface area contributed by atoms with E-state index in [4.69, 9.17) is 34.7 Å². The molecule has 1 fully saturated rings. The number of hydrogen-bond acceptors (Lipinski definition) is 2. The Hall–Kier alpha value is 0.500. The molecule has 2 nitrogen and oxygen atoms in total. The lowest BCUT2D eigenvalue weighted by Gasteiger charge is -2.40. The molecule has 1 rings (SSSR count). The van der Waals surface area contributed by atoms with Gasteiger partial charge < -0.3 is 11.5 Å². The zero-order valence-corrected chi connectivity index (χ0v) is 7.25. The van der Waals surface area contributed by atoms with Crippen molar-refractivity contribution in [3.63, 3.8) is 0 Å². The highest BCUT2D eigenvalue weighted by molar-refractivity contribution is 6.34. The minimum atomic E-state index is -0.910. The first kappa shape index (κ1) is 8.60. The fourth-order valence-electron chi connectivity index (χ4n) is 1.18. The average Bonchev–Trinajstić information content (AvgIpc) is 1.77. The van der Waals surface area contributed by atoms with Gasteiger partial charge in [-0.15, -0.1) is 0 Å². The van der Waals surface area contributed by atoms with Gasteiger partial charge in [0.2, 0.25) is 0 Å². The van der Waals surface area contributed by atoms with E-state index in [2.05, 4.69) is 0 Å². The third-order valence-electron chi connectivity index (χ3n) is 2.02. The van der Waals surface area contributed by atoms with Crippen molar-refractivity contribution in [3.05, 3.63) is 0 Å². The molecule has 0 radical (unpaired) electrons. The number of halogens is 2. The van der Waals surface area contributed by atoms with E-state index in [1.54, 1.807) is 0 Å². The molecule has 1 saturated carbocycles. The van der Waals surface area contributed by atoms with Crippen LogP contribution < -0.4 is 11.5 Å². The summed E-state index contributed by atoms with van der Waals surface area (Å²) in [6, 6.07) is 0. The topological polar surface area (TPSA) is 52.0 Å². The predicted octanol–water partition coefficient (Wildman–Crippen LogP) is 1.35. The molecule has 0 aliphatic heterocycles. The molecule has 0 aromatic carbocycles. The molecule has 0 aromatic heterocycles. The van der Waals surface area contributed by atoms with Gasteiger partial charge in [0.25, 0.3) is 0 Å². The summed E-state index contributed by atoms with van der Waals surface area (Å²) in [5, 5.41) is 0. The largest absolute Gasteiger partial charge is 0.310 e. The summed E-state index contributed by atoms with van der Waals surface area (Å²) >= 11 is 11.8. The van der Waals surface area contributed by atoms with Crippen molar-refractivity contribution in [1.82, 2.24) is 0 Å². The van der Waals surface area contributed by atoms with Crippen LogP contribution in [0.4, 0.5) is 0 Å². The van der Waals surface area contributed by atoms with E-state index in [1.165, 1.54) is 0 Å². The summed E-state index contributed by atoms with van der Waals surface area (Å²) in [5.74, 6) is 0. The molecule has 0 unspecified atom stereocenters. The molecule has 60 valence electrons. The van der Waals surface area contributed by atoms with E-state index in [0.717, 1.165) is 12.8 Å². The van der Waals surface area contributed by atoms with Gasteiger partial charge in [0.1, 0.15) is 10.00 Å². The SMILES string of the molecule is N[C@@]1(Cl)CCCC[C@@]1(N)Cl. The number of rotatable bonds is 0. The van der Waals surface area contributed by atoms with Crippen LogP contribution in [0.2, 0.25) is 0 Å². The van der Waals surface area contributed by atoms with Crippen molar-refractivity contribution in [2.24, 2.45) is 11.5 Å². The lowest BCUT2D eigenvalue weighted by Crippen LogP contribution is -2.60. The van der Waals surface area contributed by atoms with Gasteiger partial charge in [-0.25, -0.2) is 0 Å². The molecule has 1 aliphatic rings. The molecule has 4 N–H and O–H groups in total. The summed E-state index contributed by atoms with van der Waals surface area (Å²) in [4.78, 5) is -1.82. The molecule has 0 heterocycles. The average molecular weight is 183 g/mol. The lowest BCUT2D eigenvalue weighted by atomic mass is 9.90. The molecule has 0 amide bonds. The van der Waals surface area contributed by atoms with Crippen LogP contribution in [0.3, 0.4) is 0 Å².